The van der Waals surface area contributed by atoms with Gasteiger partial charge in [0.25, 0.3) is 0 Å². The van der Waals surface area contributed by atoms with Gasteiger partial charge in [-0.3, -0.25) is 9.69 Å². The van der Waals surface area contributed by atoms with Gasteiger partial charge in [0.1, 0.15) is 18.2 Å². The van der Waals surface area contributed by atoms with E-state index in [1.807, 2.05) is 0 Å². The zero-order chi connectivity index (χ0) is 19.3. The van der Waals surface area contributed by atoms with Crippen molar-refractivity contribution in [2.75, 3.05) is 28.2 Å². The number of rotatable bonds is 4. The number of nitrogens with one attached hydrogen (secondary N) is 1. The number of nitrogens with zero attached hydrogens (tertiary/aromatic N) is 3. The predicted octanol–water partition coefficient (Wildman–Crippen LogP) is 2.47. The van der Waals surface area contributed by atoms with Crippen LogP contribution in [0.25, 0.3) is 0 Å². The first-order chi connectivity index (χ1) is 13.6. The molecule has 0 spiro atoms. The second-order valence-corrected chi connectivity index (χ2v) is 6.99. The van der Waals surface area contributed by atoms with Gasteiger partial charge in [0.2, 0.25) is 0 Å². The minimum atomic E-state index is -0.480. The van der Waals surface area contributed by atoms with Crippen molar-refractivity contribution >= 4 is 29.1 Å². The van der Waals surface area contributed by atoms with E-state index in [1.54, 1.807) is 23.2 Å². The molecule has 1 aromatic carbocycles. The van der Waals surface area contributed by atoms with Gasteiger partial charge < -0.3 is 19.5 Å². The molecule has 8 nitrogen and oxygen atoms in total. The third-order valence-electron chi connectivity index (χ3n) is 5.32. The van der Waals surface area contributed by atoms with Crippen LogP contribution in [-0.2, 0) is 16.0 Å². The van der Waals surface area contributed by atoms with Gasteiger partial charge >= 0.3 is 6.09 Å². The van der Waals surface area contributed by atoms with Crippen molar-refractivity contribution in [2.45, 2.75) is 25.0 Å². The Morgan fingerprint density at radius 2 is 2.18 bits per heavy atom. The van der Waals surface area contributed by atoms with Gasteiger partial charge in [-0.2, -0.15) is 0 Å². The fourth-order valence-electron chi connectivity index (χ4n) is 3.94. The molecule has 3 aliphatic heterocycles. The maximum absolute atomic E-state index is 14.8. The lowest BCUT2D eigenvalue weighted by Gasteiger charge is -2.24. The Hall–Kier alpha value is -3.36. The Balaban J connectivity index is 1.39. The topological polar surface area (TPSA) is 87.9 Å². The first-order valence-electron chi connectivity index (χ1n) is 9.04. The van der Waals surface area contributed by atoms with E-state index in [9.17, 15) is 14.0 Å². The molecule has 0 radical (unpaired) electrons. The summed E-state index contributed by atoms with van der Waals surface area (Å²) >= 11 is 0. The van der Waals surface area contributed by atoms with E-state index in [0.29, 0.717) is 43.1 Å². The number of fused-ring (bicyclic) bond motifs is 3. The molecule has 9 heteroatoms. The smallest absolute Gasteiger partial charge is 0.415 e. The highest BCUT2D eigenvalue weighted by molar-refractivity contribution is 5.95. The SMILES string of the molecule is O=C1C=CN(c2cc3c(cc2F)N2C(=O)O[C@@H](CNc4ccon4)[C@@H]2C3)CC1. The normalized spacial score (nSPS) is 23.0. The Kier molecular flexibility index (Phi) is 3.81. The molecule has 144 valence electrons. The molecule has 1 N–H and O–H groups in total. The molecule has 4 heterocycles. The van der Waals surface area contributed by atoms with Crippen LogP contribution >= 0.6 is 0 Å². The summed E-state index contributed by atoms with van der Waals surface area (Å²) < 4.78 is 25.0. The Labute approximate surface area is 159 Å². The van der Waals surface area contributed by atoms with Crippen molar-refractivity contribution in [1.82, 2.24) is 5.16 Å². The number of ketones is 1. The van der Waals surface area contributed by atoms with E-state index < -0.39 is 18.0 Å². The highest BCUT2D eigenvalue weighted by Crippen LogP contribution is 2.41. The molecule has 1 aromatic heterocycles. The van der Waals surface area contributed by atoms with Gasteiger partial charge in [-0.15, -0.1) is 0 Å². The van der Waals surface area contributed by atoms with E-state index in [1.165, 1.54) is 23.3 Å². The van der Waals surface area contributed by atoms with Gasteiger partial charge in [-0.1, -0.05) is 5.16 Å². The van der Waals surface area contributed by atoms with Gasteiger partial charge in [0, 0.05) is 31.3 Å². The summed E-state index contributed by atoms with van der Waals surface area (Å²) in [5, 5.41) is 6.85. The number of ether oxygens (including phenoxy) is 1. The van der Waals surface area contributed by atoms with Crippen LogP contribution < -0.4 is 15.1 Å². The second-order valence-electron chi connectivity index (χ2n) is 6.99. The first-order valence-corrected chi connectivity index (χ1v) is 9.04. The average Bonchev–Trinajstić information content (AvgIpc) is 3.38. The zero-order valence-corrected chi connectivity index (χ0v) is 14.8. The maximum atomic E-state index is 14.8. The minimum Gasteiger partial charge on any atom is -0.442 e. The Bertz CT molecular complexity index is 975. The predicted molar refractivity (Wildman–Crippen MR) is 97.7 cm³/mol. The molecule has 28 heavy (non-hydrogen) atoms. The number of hydrogen-bond donors (Lipinski definition) is 1. The second kappa shape index (κ2) is 6.36. The van der Waals surface area contributed by atoms with Crippen LogP contribution in [0, 0.1) is 5.82 Å². The lowest BCUT2D eigenvalue weighted by Crippen LogP contribution is -2.36. The molecular weight excluding hydrogens is 367 g/mol. The standard InChI is InChI=1S/C19H17FN4O4/c20-13-9-14-11(7-15(13)23-4-1-12(25)2-5-23)8-16-17(28-19(26)24(14)16)10-21-18-3-6-27-22-18/h1,3-4,6-7,9,16-17H,2,5,8,10H2,(H,21,22)/t16-,17-/m0/s1. The lowest BCUT2D eigenvalue weighted by atomic mass is 10.0. The van der Waals surface area contributed by atoms with Crippen LogP contribution in [0.1, 0.15) is 12.0 Å². The van der Waals surface area contributed by atoms with Gasteiger partial charge in [0.15, 0.2) is 11.6 Å². The third kappa shape index (κ3) is 2.70. The number of amides is 1. The zero-order valence-electron chi connectivity index (χ0n) is 14.8. The third-order valence-corrected chi connectivity index (χ3v) is 5.32. The van der Waals surface area contributed by atoms with Crippen LogP contribution in [0.5, 0.6) is 0 Å². The average molecular weight is 384 g/mol. The maximum Gasteiger partial charge on any atom is 0.415 e. The van der Waals surface area contributed by atoms with Crippen LogP contribution in [0.2, 0.25) is 0 Å². The van der Waals surface area contributed by atoms with Crippen molar-refractivity contribution in [1.29, 1.82) is 0 Å². The first kappa shape index (κ1) is 16.8. The van der Waals surface area contributed by atoms with E-state index in [2.05, 4.69) is 10.5 Å². The molecule has 2 atom stereocenters. The number of carbonyl (C=O) groups excluding carboxylic acids is 2. The number of allylic oxidation sites excluding steroid dienone is 1. The Morgan fingerprint density at radius 3 is 2.93 bits per heavy atom. The monoisotopic (exact) mass is 384 g/mol. The minimum absolute atomic E-state index is 0.0312. The van der Waals surface area contributed by atoms with E-state index in [0.717, 1.165) is 5.56 Å². The highest BCUT2D eigenvalue weighted by Gasteiger charge is 2.47. The number of hydrogen-bond acceptors (Lipinski definition) is 7. The van der Waals surface area contributed by atoms with Crippen LogP contribution in [-0.4, -0.2) is 42.3 Å². The molecular formula is C19H17FN4O4. The molecule has 0 aliphatic carbocycles. The van der Waals surface area contributed by atoms with Crippen LogP contribution in [0.3, 0.4) is 0 Å². The van der Waals surface area contributed by atoms with Crippen LogP contribution in [0.15, 0.2) is 41.3 Å². The van der Waals surface area contributed by atoms with E-state index >= 15 is 0 Å². The lowest BCUT2D eigenvalue weighted by molar-refractivity contribution is -0.114. The summed E-state index contributed by atoms with van der Waals surface area (Å²) in [5.41, 5.74) is 1.83. The largest absolute Gasteiger partial charge is 0.442 e. The summed E-state index contributed by atoms with van der Waals surface area (Å²) in [6.07, 6.45) is 4.55. The van der Waals surface area contributed by atoms with Crippen molar-refractivity contribution in [2.24, 2.45) is 0 Å². The molecule has 1 amide bonds. The number of halogens is 1. The molecule has 1 fully saturated rings. The fraction of sp³-hybridized carbons (Fsp3) is 0.316. The fourth-order valence-corrected chi connectivity index (χ4v) is 3.94. The van der Waals surface area contributed by atoms with Gasteiger partial charge in [-0.25, -0.2) is 9.18 Å². The van der Waals surface area contributed by atoms with Crippen LogP contribution in [0.4, 0.5) is 26.4 Å². The highest BCUT2D eigenvalue weighted by atomic mass is 19.1. The number of aromatic nitrogens is 1. The summed E-state index contributed by atoms with van der Waals surface area (Å²) in [7, 11) is 0. The Morgan fingerprint density at radius 1 is 1.29 bits per heavy atom. The molecule has 1 saturated heterocycles. The summed E-state index contributed by atoms with van der Waals surface area (Å²) in [5.74, 6) is 0.156. The number of benzene rings is 1. The van der Waals surface area contributed by atoms with Crippen molar-refractivity contribution in [3.05, 3.63) is 48.1 Å². The van der Waals surface area contributed by atoms with Crippen molar-refractivity contribution in [3.63, 3.8) is 0 Å². The number of anilines is 3. The summed E-state index contributed by atoms with van der Waals surface area (Å²) in [4.78, 5) is 27.0. The van der Waals surface area contributed by atoms with E-state index in [-0.39, 0.29) is 11.8 Å². The molecule has 0 unspecified atom stereocenters. The van der Waals surface area contributed by atoms with Gasteiger partial charge in [0.05, 0.1) is 24.0 Å². The van der Waals surface area contributed by atoms with Crippen molar-refractivity contribution in [3.8, 4) is 0 Å². The number of cyclic esters (lactones) is 1. The number of carbonyl (C=O) groups is 2. The van der Waals surface area contributed by atoms with E-state index in [4.69, 9.17) is 9.26 Å². The molecule has 0 saturated carbocycles. The summed E-state index contributed by atoms with van der Waals surface area (Å²) in [6.45, 7) is 0.810. The van der Waals surface area contributed by atoms with Crippen molar-refractivity contribution < 1.29 is 23.2 Å². The molecule has 2 aromatic rings. The molecule has 5 rings (SSSR count). The molecule has 3 aliphatic rings. The quantitative estimate of drug-likeness (QED) is 0.866. The molecule has 0 bridgehead atoms. The van der Waals surface area contributed by atoms with Gasteiger partial charge in [-0.05, 0) is 24.1 Å². The summed E-state index contributed by atoms with van der Waals surface area (Å²) in [6, 6.07) is 4.61.